The second kappa shape index (κ2) is 7.82. The number of amides is 1. The Bertz CT molecular complexity index is 839. The van der Waals surface area contributed by atoms with Crippen molar-refractivity contribution >= 4 is 17.7 Å². The third-order valence-electron chi connectivity index (χ3n) is 7.95. The minimum absolute atomic E-state index is 0.0135. The fraction of sp³-hybridized carbons (Fsp3) is 0.640. The van der Waals surface area contributed by atoms with E-state index >= 15 is 0 Å². The van der Waals surface area contributed by atoms with Crippen LogP contribution in [-0.4, -0.2) is 30.8 Å². The van der Waals surface area contributed by atoms with Crippen molar-refractivity contribution in [3.63, 3.8) is 0 Å². The number of ether oxygens (including phenoxy) is 1. The molecule has 1 N–H and O–H groups in total. The van der Waals surface area contributed by atoms with Crippen molar-refractivity contribution in [2.45, 2.75) is 64.2 Å². The molecule has 0 spiro atoms. The summed E-state index contributed by atoms with van der Waals surface area (Å²) in [5, 5.41) is 2.82. The Balaban J connectivity index is 1.11. The lowest BCUT2D eigenvalue weighted by Crippen LogP contribution is -2.54. The van der Waals surface area contributed by atoms with Crippen LogP contribution in [0.3, 0.4) is 0 Å². The van der Waals surface area contributed by atoms with E-state index in [1.165, 1.54) is 36.8 Å². The molecule has 1 amide bonds. The number of esters is 1. The Kier molecular flexibility index (Phi) is 5.16. The molecule has 6 rings (SSSR count). The van der Waals surface area contributed by atoms with Gasteiger partial charge in [-0.05, 0) is 99.2 Å². The Morgan fingerprint density at radius 1 is 0.933 bits per heavy atom. The molecule has 0 atom stereocenters. The van der Waals surface area contributed by atoms with Gasteiger partial charge < -0.3 is 10.1 Å². The minimum Gasteiger partial charge on any atom is -0.456 e. The highest BCUT2D eigenvalue weighted by molar-refractivity contribution is 5.98. The summed E-state index contributed by atoms with van der Waals surface area (Å²) in [5.74, 6) is 1.33. The molecule has 5 aliphatic rings. The number of nitrogens with one attached hydrogen (secondary N) is 1. The number of hydrogen-bond acceptors (Lipinski definition) is 4. The summed E-state index contributed by atoms with van der Waals surface area (Å²) in [4.78, 5) is 37.5. The molecular weight excluding hydrogens is 378 g/mol. The van der Waals surface area contributed by atoms with Crippen LogP contribution in [0.1, 0.15) is 72.9 Å². The molecule has 5 aliphatic carbocycles. The van der Waals surface area contributed by atoms with Gasteiger partial charge in [-0.1, -0.05) is 12.1 Å². The summed E-state index contributed by atoms with van der Waals surface area (Å²) in [7, 11) is 0. The molecule has 1 aromatic rings. The van der Waals surface area contributed by atoms with Crippen LogP contribution in [-0.2, 0) is 27.2 Å². The molecule has 4 saturated carbocycles. The van der Waals surface area contributed by atoms with Crippen LogP contribution in [0.4, 0.5) is 0 Å². The largest absolute Gasteiger partial charge is 0.456 e. The fourth-order valence-electron chi connectivity index (χ4n) is 6.92. The molecule has 4 fully saturated rings. The molecule has 30 heavy (non-hydrogen) atoms. The summed E-state index contributed by atoms with van der Waals surface area (Å²) in [6, 6.07) is 5.80. The summed E-state index contributed by atoms with van der Waals surface area (Å²) in [5.41, 5.74) is 2.89. The van der Waals surface area contributed by atoms with Gasteiger partial charge in [0, 0.05) is 11.0 Å². The van der Waals surface area contributed by atoms with E-state index in [1.54, 1.807) is 0 Å². The topological polar surface area (TPSA) is 72.5 Å². The fourth-order valence-corrected chi connectivity index (χ4v) is 6.92. The van der Waals surface area contributed by atoms with E-state index < -0.39 is 5.97 Å². The Morgan fingerprint density at radius 3 is 2.23 bits per heavy atom. The van der Waals surface area contributed by atoms with Gasteiger partial charge in [0.25, 0.3) is 0 Å². The summed E-state index contributed by atoms with van der Waals surface area (Å²) >= 11 is 0. The smallest absolute Gasteiger partial charge is 0.325 e. The van der Waals surface area contributed by atoms with Crippen molar-refractivity contribution in [1.29, 1.82) is 0 Å². The Labute approximate surface area is 177 Å². The van der Waals surface area contributed by atoms with Crippen LogP contribution < -0.4 is 5.32 Å². The summed E-state index contributed by atoms with van der Waals surface area (Å²) in [6.07, 6.45) is 11.2. The molecule has 0 aliphatic heterocycles. The SMILES string of the molecule is O=C(CNC(=O)C12CC3CC(CC(C3)C1)C2)OCC(=O)c1ccc2c(c1)CCCC2. The Hall–Kier alpha value is -2.17. The maximum Gasteiger partial charge on any atom is 0.325 e. The molecular formula is C25H31NO4. The lowest BCUT2D eigenvalue weighted by molar-refractivity contribution is -0.150. The zero-order valence-electron chi connectivity index (χ0n) is 17.6. The second-order valence-corrected chi connectivity index (χ2v) is 10.2. The third-order valence-corrected chi connectivity index (χ3v) is 7.95. The van der Waals surface area contributed by atoms with E-state index in [2.05, 4.69) is 5.32 Å². The molecule has 0 unspecified atom stereocenters. The third kappa shape index (κ3) is 3.79. The first-order chi connectivity index (χ1) is 14.5. The van der Waals surface area contributed by atoms with Crippen LogP contribution >= 0.6 is 0 Å². The van der Waals surface area contributed by atoms with Gasteiger partial charge in [-0.25, -0.2) is 0 Å². The van der Waals surface area contributed by atoms with Crippen molar-refractivity contribution in [3.05, 3.63) is 34.9 Å². The average Bonchev–Trinajstić information content (AvgIpc) is 2.74. The van der Waals surface area contributed by atoms with Crippen molar-refractivity contribution in [2.75, 3.05) is 13.2 Å². The monoisotopic (exact) mass is 409 g/mol. The molecule has 4 bridgehead atoms. The van der Waals surface area contributed by atoms with Gasteiger partial charge in [0.05, 0.1) is 0 Å². The normalized spacial score (nSPS) is 31.1. The highest BCUT2D eigenvalue weighted by Crippen LogP contribution is 2.60. The first kappa shape index (κ1) is 19.8. The molecule has 0 saturated heterocycles. The molecule has 0 radical (unpaired) electrons. The van der Waals surface area contributed by atoms with E-state index in [0.29, 0.717) is 23.3 Å². The quantitative estimate of drug-likeness (QED) is 0.575. The van der Waals surface area contributed by atoms with Gasteiger partial charge in [-0.3, -0.25) is 14.4 Å². The summed E-state index contributed by atoms with van der Waals surface area (Å²) < 4.78 is 5.17. The van der Waals surface area contributed by atoms with E-state index in [0.717, 1.165) is 38.5 Å². The number of Topliss-reactive ketones (excluding diaryl/α,β-unsaturated/α-hetero) is 1. The molecule has 5 heteroatoms. The van der Waals surface area contributed by atoms with Gasteiger partial charge in [0.2, 0.25) is 5.91 Å². The number of carbonyl (C=O) groups is 3. The van der Waals surface area contributed by atoms with Crippen molar-refractivity contribution < 1.29 is 19.1 Å². The first-order valence-electron chi connectivity index (χ1n) is 11.6. The van der Waals surface area contributed by atoms with E-state index in [9.17, 15) is 14.4 Å². The number of fused-ring (bicyclic) bond motifs is 1. The van der Waals surface area contributed by atoms with Gasteiger partial charge >= 0.3 is 5.97 Å². The maximum absolute atomic E-state index is 12.9. The number of aryl methyl sites for hydroxylation is 2. The van der Waals surface area contributed by atoms with E-state index in [1.807, 2.05) is 18.2 Å². The standard InChI is InChI=1S/C25H31NO4/c27-22(21-6-5-19-3-1-2-4-20(19)10-21)15-30-23(28)14-26-24(29)25-11-16-7-17(12-25)9-18(8-16)13-25/h5-6,10,16-18H,1-4,7-9,11-15H2,(H,26,29). The van der Waals surface area contributed by atoms with Gasteiger partial charge in [-0.15, -0.1) is 0 Å². The van der Waals surface area contributed by atoms with Gasteiger partial charge in [-0.2, -0.15) is 0 Å². The van der Waals surface area contributed by atoms with Gasteiger partial charge in [0.1, 0.15) is 6.54 Å². The number of ketones is 1. The molecule has 5 nitrogen and oxygen atoms in total. The second-order valence-electron chi connectivity index (χ2n) is 10.2. The minimum atomic E-state index is -0.542. The number of benzene rings is 1. The van der Waals surface area contributed by atoms with Crippen LogP contribution in [0.5, 0.6) is 0 Å². The first-order valence-corrected chi connectivity index (χ1v) is 11.6. The molecule has 0 aromatic heterocycles. The predicted molar refractivity (Wildman–Crippen MR) is 112 cm³/mol. The van der Waals surface area contributed by atoms with Crippen LogP contribution in [0, 0.1) is 23.2 Å². The summed E-state index contributed by atoms with van der Waals surface area (Å²) in [6.45, 7) is -0.428. The van der Waals surface area contributed by atoms with Crippen molar-refractivity contribution in [3.8, 4) is 0 Å². The number of rotatable bonds is 6. The van der Waals surface area contributed by atoms with Crippen molar-refractivity contribution in [2.24, 2.45) is 23.2 Å². The van der Waals surface area contributed by atoms with Crippen LogP contribution in [0.25, 0.3) is 0 Å². The molecule has 0 heterocycles. The van der Waals surface area contributed by atoms with Crippen LogP contribution in [0.2, 0.25) is 0 Å². The van der Waals surface area contributed by atoms with Gasteiger partial charge in [0.15, 0.2) is 12.4 Å². The highest BCUT2D eigenvalue weighted by Gasteiger charge is 2.54. The molecule has 160 valence electrons. The highest BCUT2D eigenvalue weighted by atomic mass is 16.5. The average molecular weight is 410 g/mol. The zero-order chi connectivity index (χ0) is 20.7. The zero-order valence-corrected chi connectivity index (χ0v) is 17.6. The van der Waals surface area contributed by atoms with E-state index in [4.69, 9.17) is 4.74 Å². The number of hydrogen-bond donors (Lipinski definition) is 1. The lowest BCUT2D eigenvalue weighted by atomic mass is 9.49. The van der Waals surface area contributed by atoms with Crippen LogP contribution in [0.15, 0.2) is 18.2 Å². The maximum atomic E-state index is 12.9. The van der Waals surface area contributed by atoms with E-state index in [-0.39, 0.29) is 30.3 Å². The Morgan fingerprint density at radius 2 is 1.57 bits per heavy atom. The molecule has 1 aromatic carbocycles. The lowest BCUT2D eigenvalue weighted by Gasteiger charge is -2.55. The number of carbonyl (C=O) groups excluding carboxylic acids is 3. The predicted octanol–water partition coefficient (Wildman–Crippen LogP) is 3.62. The van der Waals surface area contributed by atoms with Crippen molar-refractivity contribution in [1.82, 2.24) is 5.32 Å².